The van der Waals surface area contributed by atoms with Crippen molar-refractivity contribution in [2.45, 2.75) is 10.3 Å². The van der Waals surface area contributed by atoms with E-state index < -0.39 is 20.7 Å². The van der Waals surface area contributed by atoms with Crippen molar-refractivity contribution in [3.05, 3.63) is 70.1 Å². The van der Waals surface area contributed by atoms with Crippen LogP contribution in [0.15, 0.2) is 58.8 Å². The van der Waals surface area contributed by atoms with Crippen LogP contribution in [0.5, 0.6) is 0 Å². The van der Waals surface area contributed by atoms with E-state index in [1.54, 1.807) is 18.2 Å². The minimum atomic E-state index is -3.65. The molecule has 26 heavy (non-hydrogen) atoms. The Labute approximate surface area is 161 Å². The zero-order valence-corrected chi connectivity index (χ0v) is 17.1. The Kier molecular flexibility index (Phi) is 5.25. The van der Waals surface area contributed by atoms with Crippen LogP contribution < -0.4 is 0 Å². The molecule has 0 fully saturated rings. The van der Waals surface area contributed by atoms with Crippen LogP contribution >= 0.6 is 11.6 Å². The SMILES string of the molecule is CN1C(c2ccc(Cl)c(S(=O)(=O)N(C)C)c2)=CS(=N)C1c1ccccc1. The highest BCUT2D eigenvalue weighted by Gasteiger charge is 2.30. The smallest absolute Gasteiger partial charge is 0.244 e. The topological polar surface area (TPSA) is 64.5 Å². The Balaban J connectivity index is 2.03. The van der Waals surface area contributed by atoms with E-state index in [4.69, 9.17) is 16.4 Å². The van der Waals surface area contributed by atoms with E-state index in [2.05, 4.69) is 0 Å². The first-order valence-electron chi connectivity index (χ1n) is 7.88. The molecule has 0 bridgehead atoms. The molecule has 1 aliphatic rings. The molecule has 1 aliphatic heterocycles. The number of halogens is 1. The third kappa shape index (κ3) is 3.32. The molecular weight excluding hydrogens is 390 g/mol. The lowest BCUT2D eigenvalue weighted by Gasteiger charge is -2.26. The normalized spacial score (nSPS) is 20.5. The highest BCUT2D eigenvalue weighted by molar-refractivity contribution is 7.89. The van der Waals surface area contributed by atoms with E-state index in [0.717, 1.165) is 21.1 Å². The summed E-state index contributed by atoms with van der Waals surface area (Å²) in [5.41, 5.74) is 2.64. The van der Waals surface area contributed by atoms with Crippen LogP contribution in [0.2, 0.25) is 5.02 Å². The number of hydrogen-bond donors (Lipinski definition) is 1. The molecule has 0 amide bonds. The van der Waals surface area contributed by atoms with Crippen LogP contribution in [0, 0.1) is 4.78 Å². The maximum absolute atomic E-state index is 12.5. The molecule has 0 saturated heterocycles. The van der Waals surface area contributed by atoms with Gasteiger partial charge in [-0.25, -0.2) is 12.7 Å². The van der Waals surface area contributed by atoms with Crippen molar-refractivity contribution in [1.82, 2.24) is 9.21 Å². The van der Waals surface area contributed by atoms with Gasteiger partial charge in [0.25, 0.3) is 0 Å². The molecule has 0 saturated carbocycles. The van der Waals surface area contributed by atoms with Gasteiger partial charge in [0, 0.05) is 26.6 Å². The second-order valence-electron chi connectivity index (χ2n) is 6.18. The van der Waals surface area contributed by atoms with Gasteiger partial charge >= 0.3 is 0 Å². The van der Waals surface area contributed by atoms with E-state index >= 15 is 0 Å². The van der Waals surface area contributed by atoms with E-state index in [-0.39, 0.29) is 15.3 Å². The lowest BCUT2D eigenvalue weighted by Crippen LogP contribution is -2.23. The fourth-order valence-electron chi connectivity index (χ4n) is 2.88. The average molecular weight is 410 g/mol. The van der Waals surface area contributed by atoms with Crippen molar-refractivity contribution in [3.8, 4) is 0 Å². The minimum Gasteiger partial charge on any atom is -0.357 e. The number of rotatable bonds is 4. The predicted octanol–water partition coefficient (Wildman–Crippen LogP) is 3.91. The quantitative estimate of drug-likeness (QED) is 0.832. The Morgan fingerprint density at radius 1 is 1.15 bits per heavy atom. The summed E-state index contributed by atoms with van der Waals surface area (Å²) in [5.74, 6) is 0. The van der Waals surface area contributed by atoms with Crippen LogP contribution in [0.25, 0.3) is 5.70 Å². The fraction of sp³-hybridized carbons (Fsp3) is 0.222. The minimum absolute atomic E-state index is 0.0731. The monoisotopic (exact) mass is 409 g/mol. The van der Waals surface area contributed by atoms with Crippen molar-refractivity contribution in [3.63, 3.8) is 0 Å². The van der Waals surface area contributed by atoms with Crippen LogP contribution in [-0.2, 0) is 20.7 Å². The maximum atomic E-state index is 12.5. The van der Waals surface area contributed by atoms with Crippen LogP contribution in [-0.4, -0.2) is 38.8 Å². The van der Waals surface area contributed by atoms with Crippen molar-refractivity contribution in [1.29, 1.82) is 4.78 Å². The molecular formula is C18H20ClN3O2S2. The highest BCUT2D eigenvalue weighted by atomic mass is 35.5. The van der Waals surface area contributed by atoms with Gasteiger partial charge in [0.15, 0.2) is 0 Å². The summed E-state index contributed by atoms with van der Waals surface area (Å²) in [6, 6.07) is 14.9. The molecule has 5 nitrogen and oxygen atoms in total. The van der Waals surface area contributed by atoms with Gasteiger partial charge in [0.1, 0.15) is 10.3 Å². The molecule has 8 heteroatoms. The summed E-state index contributed by atoms with van der Waals surface area (Å²) in [6.45, 7) is 0. The Morgan fingerprint density at radius 3 is 2.42 bits per heavy atom. The first kappa shape index (κ1) is 19.1. The van der Waals surface area contributed by atoms with Crippen molar-refractivity contribution in [2.24, 2.45) is 0 Å². The molecule has 0 aromatic heterocycles. The Hall–Kier alpha value is -1.67. The van der Waals surface area contributed by atoms with Crippen molar-refractivity contribution in [2.75, 3.05) is 21.1 Å². The summed E-state index contributed by atoms with van der Waals surface area (Å²) in [5, 5.41) is 1.98. The standard InChI is InChI=1S/C18H20ClN3O2S2/c1-21(2)26(23,24)17-11-14(9-10-15(17)19)16-12-25(20)18(22(16)3)13-7-5-4-6-8-13/h4-12,18,20H,1-3H3. The van der Waals surface area contributed by atoms with Gasteiger partial charge in [-0.05, 0) is 23.3 Å². The third-order valence-corrected chi connectivity index (χ3v) is 8.12. The summed E-state index contributed by atoms with van der Waals surface area (Å²) in [6.07, 6.45) is 0. The number of sulfonamides is 1. The molecule has 1 heterocycles. The largest absolute Gasteiger partial charge is 0.357 e. The lowest BCUT2D eigenvalue weighted by atomic mass is 10.1. The maximum Gasteiger partial charge on any atom is 0.244 e. The first-order chi connectivity index (χ1) is 12.2. The van der Waals surface area contributed by atoms with Crippen molar-refractivity contribution < 1.29 is 8.42 Å². The van der Waals surface area contributed by atoms with Crippen molar-refractivity contribution >= 4 is 38.0 Å². The third-order valence-electron chi connectivity index (χ3n) is 4.28. The molecule has 2 aromatic carbocycles. The number of nitrogens with zero attached hydrogens (tertiary/aromatic N) is 2. The molecule has 0 aliphatic carbocycles. The van der Waals surface area contributed by atoms with Crippen LogP contribution in [0.3, 0.4) is 0 Å². The molecule has 2 unspecified atom stereocenters. The Bertz CT molecular complexity index is 989. The van der Waals surface area contributed by atoms with Gasteiger partial charge in [-0.2, -0.15) is 0 Å². The van der Waals surface area contributed by atoms with E-state index in [1.165, 1.54) is 14.1 Å². The zero-order chi connectivity index (χ0) is 19.1. The molecule has 1 N–H and O–H groups in total. The van der Waals surface area contributed by atoms with Gasteiger partial charge in [-0.3, -0.25) is 4.78 Å². The second-order valence-corrected chi connectivity index (χ2v) is 10.1. The zero-order valence-electron chi connectivity index (χ0n) is 14.7. The summed E-state index contributed by atoms with van der Waals surface area (Å²) < 4.78 is 34.7. The Morgan fingerprint density at radius 2 is 1.81 bits per heavy atom. The molecule has 2 atom stereocenters. The van der Waals surface area contributed by atoms with E-state index in [1.807, 2.05) is 47.7 Å². The lowest BCUT2D eigenvalue weighted by molar-refractivity contribution is 0.468. The van der Waals surface area contributed by atoms with Crippen LogP contribution in [0.1, 0.15) is 16.5 Å². The van der Waals surface area contributed by atoms with Gasteiger partial charge in [-0.15, -0.1) is 0 Å². The highest BCUT2D eigenvalue weighted by Crippen LogP contribution is 2.39. The first-order valence-corrected chi connectivity index (χ1v) is 11.1. The summed E-state index contributed by atoms with van der Waals surface area (Å²) in [7, 11) is 0.498. The van der Waals surface area contributed by atoms with Gasteiger partial charge in [-0.1, -0.05) is 58.7 Å². The molecule has 3 rings (SSSR count). The van der Waals surface area contributed by atoms with Gasteiger partial charge in [0.05, 0.1) is 10.7 Å². The fourth-order valence-corrected chi connectivity index (χ4v) is 5.85. The predicted molar refractivity (Wildman–Crippen MR) is 107 cm³/mol. The van der Waals surface area contributed by atoms with Gasteiger partial charge < -0.3 is 4.90 Å². The number of nitrogens with one attached hydrogen (secondary N) is 1. The second kappa shape index (κ2) is 7.15. The summed E-state index contributed by atoms with van der Waals surface area (Å²) in [4.78, 5) is 2.10. The molecule has 2 aromatic rings. The molecule has 138 valence electrons. The number of benzene rings is 2. The van der Waals surface area contributed by atoms with Gasteiger partial charge in [0.2, 0.25) is 10.0 Å². The van der Waals surface area contributed by atoms with E-state index in [9.17, 15) is 8.42 Å². The van der Waals surface area contributed by atoms with E-state index in [0.29, 0.717) is 0 Å². The molecule has 0 radical (unpaired) electrons. The molecule has 0 spiro atoms. The summed E-state index contributed by atoms with van der Waals surface area (Å²) >= 11 is 6.15. The average Bonchev–Trinajstić information content (AvgIpc) is 2.90. The number of hydrogen-bond acceptors (Lipinski definition) is 4. The van der Waals surface area contributed by atoms with Crippen LogP contribution in [0.4, 0.5) is 0 Å².